The molecule has 2 N–H and O–H groups in total. The van der Waals surface area contributed by atoms with Crippen molar-refractivity contribution in [2.75, 3.05) is 18.5 Å². The van der Waals surface area contributed by atoms with Crippen LogP contribution in [-0.4, -0.2) is 32.9 Å². The topological polar surface area (TPSA) is 62.5 Å². The van der Waals surface area contributed by atoms with Crippen LogP contribution in [-0.2, 0) is 12.8 Å². The van der Waals surface area contributed by atoms with Crippen molar-refractivity contribution in [3.63, 3.8) is 0 Å². The summed E-state index contributed by atoms with van der Waals surface area (Å²) in [7, 11) is 0. The highest BCUT2D eigenvalue weighted by Crippen LogP contribution is 2.30. The van der Waals surface area contributed by atoms with Gasteiger partial charge >= 0.3 is 0 Å². The molecule has 2 aromatic heterocycles. The van der Waals surface area contributed by atoms with Gasteiger partial charge in [-0.25, -0.2) is 4.98 Å². The minimum absolute atomic E-state index is 0.102. The normalized spacial score (nSPS) is 13.5. The first kappa shape index (κ1) is 14.2. The first-order valence-electron chi connectivity index (χ1n) is 8.09. The molecule has 0 spiro atoms. The number of aryl methyl sites for hydroxylation is 2. The molecule has 3 aromatic rings. The van der Waals surface area contributed by atoms with E-state index in [1.165, 1.54) is 11.1 Å². The zero-order chi connectivity index (χ0) is 15.8. The monoisotopic (exact) mass is 308 g/mol. The van der Waals surface area contributed by atoms with E-state index in [9.17, 15) is 0 Å². The molecule has 0 unspecified atom stereocenters. The van der Waals surface area contributed by atoms with E-state index in [-0.39, 0.29) is 6.61 Å². The van der Waals surface area contributed by atoms with Crippen LogP contribution in [0.15, 0.2) is 30.3 Å². The molecule has 0 aliphatic heterocycles. The third-order valence-corrected chi connectivity index (χ3v) is 4.34. The van der Waals surface area contributed by atoms with E-state index in [1.54, 1.807) is 0 Å². The molecule has 1 aromatic carbocycles. The van der Waals surface area contributed by atoms with Crippen molar-refractivity contribution in [2.45, 2.75) is 26.2 Å². The van der Waals surface area contributed by atoms with Gasteiger partial charge in [-0.3, -0.25) is 0 Å². The molecule has 5 heteroatoms. The van der Waals surface area contributed by atoms with E-state index in [4.69, 9.17) is 15.2 Å². The Hall–Kier alpha value is -2.40. The molecule has 4 rings (SSSR count). The number of hydrogen-bond donors (Lipinski definition) is 2. The number of nitrogens with zero attached hydrogens (tertiary/aromatic N) is 3. The molecule has 0 radical (unpaired) electrons. The van der Waals surface area contributed by atoms with Crippen molar-refractivity contribution >= 4 is 11.5 Å². The van der Waals surface area contributed by atoms with Gasteiger partial charge in [0.05, 0.1) is 12.3 Å². The fourth-order valence-corrected chi connectivity index (χ4v) is 3.29. The summed E-state index contributed by atoms with van der Waals surface area (Å²) < 4.78 is 1.89. The van der Waals surface area contributed by atoms with Crippen LogP contribution in [0.1, 0.15) is 23.2 Å². The van der Waals surface area contributed by atoms with Crippen molar-refractivity contribution in [2.24, 2.45) is 0 Å². The van der Waals surface area contributed by atoms with Crippen molar-refractivity contribution in [1.82, 2.24) is 14.6 Å². The lowest BCUT2D eigenvalue weighted by Crippen LogP contribution is -2.13. The maximum absolute atomic E-state index is 9.15. The van der Waals surface area contributed by atoms with E-state index in [0.29, 0.717) is 6.54 Å². The van der Waals surface area contributed by atoms with E-state index < -0.39 is 0 Å². The maximum Gasteiger partial charge on any atom is 0.158 e. The summed E-state index contributed by atoms with van der Waals surface area (Å²) in [5.41, 5.74) is 6.51. The van der Waals surface area contributed by atoms with Gasteiger partial charge in [-0.2, -0.15) is 9.61 Å². The highest BCUT2D eigenvalue weighted by molar-refractivity contribution is 5.67. The first-order valence-corrected chi connectivity index (χ1v) is 8.09. The van der Waals surface area contributed by atoms with Crippen LogP contribution in [0.5, 0.6) is 0 Å². The van der Waals surface area contributed by atoms with Gasteiger partial charge in [0.1, 0.15) is 5.82 Å². The summed E-state index contributed by atoms with van der Waals surface area (Å²) in [6.07, 6.45) is 3.17. The summed E-state index contributed by atoms with van der Waals surface area (Å²) in [5, 5.41) is 17.2. The van der Waals surface area contributed by atoms with Crippen molar-refractivity contribution < 1.29 is 5.11 Å². The SMILES string of the molecule is Cc1cccc(-c2cc3nc4c(c(NCCO)n3n2)CCC4)c1. The van der Waals surface area contributed by atoms with Crippen LogP contribution in [0, 0.1) is 6.92 Å². The predicted molar refractivity (Wildman–Crippen MR) is 90.8 cm³/mol. The van der Waals surface area contributed by atoms with Gasteiger partial charge in [-0.1, -0.05) is 23.8 Å². The lowest BCUT2D eigenvalue weighted by atomic mass is 10.1. The van der Waals surface area contributed by atoms with Gasteiger partial charge in [0.25, 0.3) is 0 Å². The highest BCUT2D eigenvalue weighted by atomic mass is 16.3. The van der Waals surface area contributed by atoms with E-state index in [0.717, 1.165) is 47.7 Å². The van der Waals surface area contributed by atoms with E-state index in [2.05, 4.69) is 30.4 Å². The highest BCUT2D eigenvalue weighted by Gasteiger charge is 2.21. The number of aromatic nitrogens is 3. The molecule has 0 saturated carbocycles. The second kappa shape index (κ2) is 5.66. The second-order valence-corrected chi connectivity index (χ2v) is 6.06. The number of aliphatic hydroxyl groups excluding tert-OH is 1. The van der Waals surface area contributed by atoms with Gasteiger partial charge in [0, 0.05) is 29.4 Å². The Kier molecular flexibility index (Phi) is 3.50. The average molecular weight is 308 g/mol. The number of anilines is 1. The molecule has 1 aliphatic carbocycles. The Morgan fingerprint density at radius 2 is 2.17 bits per heavy atom. The number of fused-ring (bicyclic) bond motifs is 2. The quantitative estimate of drug-likeness (QED) is 0.778. The molecule has 0 saturated heterocycles. The summed E-state index contributed by atoms with van der Waals surface area (Å²) in [5.74, 6) is 0.982. The fraction of sp³-hybridized carbons (Fsp3) is 0.333. The van der Waals surface area contributed by atoms with Crippen molar-refractivity contribution in [3.05, 3.63) is 47.2 Å². The smallest absolute Gasteiger partial charge is 0.158 e. The van der Waals surface area contributed by atoms with E-state index in [1.807, 2.05) is 16.6 Å². The average Bonchev–Trinajstić information content (AvgIpc) is 3.17. The second-order valence-electron chi connectivity index (χ2n) is 6.06. The van der Waals surface area contributed by atoms with Gasteiger partial charge < -0.3 is 10.4 Å². The third-order valence-electron chi connectivity index (χ3n) is 4.34. The van der Waals surface area contributed by atoms with Crippen LogP contribution < -0.4 is 5.32 Å². The molecule has 0 amide bonds. The Morgan fingerprint density at radius 3 is 3.00 bits per heavy atom. The summed E-state index contributed by atoms with van der Waals surface area (Å²) in [6, 6.07) is 10.4. The number of aliphatic hydroxyl groups is 1. The molecule has 2 heterocycles. The fourth-order valence-electron chi connectivity index (χ4n) is 3.29. The standard InChI is InChI=1S/C18H20N4O/c1-12-4-2-5-13(10-12)16-11-17-20-15-7-3-6-14(15)18(19-8-9-23)22(17)21-16/h2,4-5,10-11,19,23H,3,6-9H2,1H3. The van der Waals surface area contributed by atoms with Crippen LogP contribution in [0.25, 0.3) is 16.9 Å². The molecule has 0 atom stereocenters. The van der Waals surface area contributed by atoms with Gasteiger partial charge in [0.2, 0.25) is 0 Å². The molecular weight excluding hydrogens is 288 g/mol. The van der Waals surface area contributed by atoms with Gasteiger partial charge in [-0.15, -0.1) is 0 Å². The summed E-state index contributed by atoms with van der Waals surface area (Å²) >= 11 is 0. The Labute approximate surface area is 135 Å². The zero-order valence-corrected chi connectivity index (χ0v) is 13.2. The largest absolute Gasteiger partial charge is 0.395 e. The molecule has 118 valence electrons. The van der Waals surface area contributed by atoms with Crippen LogP contribution in [0.3, 0.4) is 0 Å². The minimum Gasteiger partial charge on any atom is -0.395 e. The molecular formula is C18H20N4O. The van der Waals surface area contributed by atoms with Gasteiger partial charge in [-0.05, 0) is 32.3 Å². The summed E-state index contributed by atoms with van der Waals surface area (Å²) in [6.45, 7) is 2.70. The molecule has 0 bridgehead atoms. The molecule has 1 aliphatic rings. The lowest BCUT2D eigenvalue weighted by molar-refractivity contribution is 0.311. The number of benzene rings is 1. The molecule has 5 nitrogen and oxygen atoms in total. The van der Waals surface area contributed by atoms with Gasteiger partial charge in [0.15, 0.2) is 5.65 Å². The van der Waals surface area contributed by atoms with Crippen LogP contribution >= 0.6 is 0 Å². The minimum atomic E-state index is 0.102. The Balaban J connectivity index is 1.88. The van der Waals surface area contributed by atoms with Crippen molar-refractivity contribution in [3.8, 4) is 11.3 Å². The summed E-state index contributed by atoms with van der Waals surface area (Å²) in [4.78, 5) is 4.79. The maximum atomic E-state index is 9.15. The molecule has 0 fully saturated rings. The Bertz CT molecular complexity index is 869. The third kappa shape index (κ3) is 2.47. The zero-order valence-electron chi connectivity index (χ0n) is 13.2. The van der Waals surface area contributed by atoms with Crippen LogP contribution in [0.2, 0.25) is 0 Å². The predicted octanol–water partition coefficient (Wildman–Crippen LogP) is 2.60. The lowest BCUT2D eigenvalue weighted by Gasteiger charge is -2.12. The van der Waals surface area contributed by atoms with E-state index >= 15 is 0 Å². The number of hydrogen-bond acceptors (Lipinski definition) is 4. The number of nitrogens with one attached hydrogen (secondary N) is 1. The van der Waals surface area contributed by atoms with Crippen LogP contribution in [0.4, 0.5) is 5.82 Å². The van der Waals surface area contributed by atoms with Crippen molar-refractivity contribution in [1.29, 1.82) is 0 Å². The number of rotatable bonds is 4. The molecule has 23 heavy (non-hydrogen) atoms. The Morgan fingerprint density at radius 1 is 1.26 bits per heavy atom. The first-order chi connectivity index (χ1) is 11.3.